The second kappa shape index (κ2) is 6.70. The van der Waals surface area contributed by atoms with E-state index >= 15 is 0 Å². The Kier molecular flexibility index (Phi) is 5.57. The van der Waals surface area contributed by atoms with E-state index in [1.807, 2.05) is 0 Å². The molecule has 0 aromatic rings. The summed E-state index contributed by atoms with van der Waals surface area (Å²) in [6.07, 6.45) is 3.86. The summed E-state index contributed by atoms with van der Waals surface area (Å²) in [5.41, 5.74) is 0. The summed E-state index contributed by atoms with van der Waals surface area (Å²) in [5, 5.41) is 9.13. The van der Waals surface area contributed by atoms with Crippen LogP contribution in [-0.2, 0) is 19.1 Å². The summed E-state index contributed by atoms with van der Waals surface area (Å²) >= 11 is 0. The van der Waals surface area contributed by atoms with Crippen molar-refractivity contribution in [3.05, 3.63) is 0 Å². The fourth-order valence-corrected chi connectivity index (χ4v) is 6.50. The van der Waals surface area contributed by atoms with E-state index in [0.29, 0.717) is 18.9 Å². The number of aliphatic hydroxyl groups excluding tert-OH is 1. The van der Waals surface area contributed by atoms with Crippen LogP contribution in [0.4, 0.5) is 0 Å². The van der Waals surface area contributed by atoms with E-state index in [1.165, 1.54) is 4.31 Å². The minimum Gasteiger partial charge on any atom is -0.396 e. The molecule has 1 unspecified atom stereocenters. The normalized spacial score (nSPS) is 34.1. The summed E-state index contributed by atoms with van der Waals surface area (Å²) in [4.78, 5) is 0. The van der Waals surface area contributed by atoms with Crippen molar-refractivity contribution in [3.8, 4) is 0 Å². The molecule has 2 fully saturated rings. The number of halogens is 1. The van der Waals surface area contributed by atoms with Crippen LogP contribution in [0.25, 0.3) is 0 Å². The van der Waals surface area contributed by atoms with Crippen LogP contribution in [0.2, 0.25) is 0 Å². The first-order valence-electron chi connectivity index (χ1n) is 7.24. The van der Waals surface area contributed by atoms with Crippen LogP contribution >= 0.6 is 10.7 Å². The maximum Gasteiger partial charge on any atom is 0.234 e. The second-order valence-corrected chi connectivity index (χ2v) is 11.0. The highest BCUT2D eigenvalue weighted by Gasteiger charge is 2.40. The molecule has 0 aromatic heterocycles. The third-order valence-electron chi connectivity index (χ3n) is 4.53. The molecule has 0 amide bonds. The molecule has 6 nitrogen and oxygen atoms in total. The Morgan fingerprint density at radius 2 is 1.67 bits per heavy atom. The largest absolute Gasteiger partial charge is 0.396 e. The SMILES string of the molecule is O=S(=O)(Cl)CC1CCS(=O)(=O)N1CC1CCC(CO)CC1. The Bertz CT molecular complexity index is 554. The lowest BCUT2D eigenvalue weighted by molar-refractivity contribution is 0.155. The fraction of sp³-hybridized carbons (Fsp3) is 1.00. The molecule has 1 saturated heterocycles. The van der Waals surface area contributed by atoms with E-state index in [0.717, 1.165) is 25.7 Å². The van der Waals surface area contributed by atoms with Gasteiger partial charge in [-0.05, 0) is 43.9 Å². The predicted octanol–water partition coefficient (Wildman–Crippen LogP) is 0.758. The van der Waals surface area contributed by atoms with Gasteiger partial charge in [-0.25, -0.2) is 16.8 Å². The van der Waals surface area contributed by atoms with Gasteiger partial charge in [0.2, 0.25) is 19.1 Å². The van der Waals surface area contributed by atoms with Crippen LogP contribution in [0.5, 0.6) is 0 Å². The molecule has 1 aliphatic carbocycles. The minimum absolute atomic E-state index is 0.00391. The average Bonchev–Trinajstić information content (AvgIpc) is 2.65. The Balaban J connectivity index is 2.01. The molecule has 0 bridgehead atoms. The molecule has 124 valence electrons. The van der Waals surface area contributed by atoms with Crippen LogP contribution in [-0.4, -0.2) is 56.9 Å². The van der Waals surface area contributed by atoms with Gasteiger partial charge in [-0.2, -0.15) is 4.31 Å². The molecule has 9 heteroatoms. The predicted molar refractivity (Wildman–Crippen MR) is 81.1 cm³/mol. The van der Waals surface area contributed by atoms with E-state index < -0.39 is 25.1 Å². The van der Waals surface area contributed by atoms with Crippen molar-refractivity contribution >= 4 is 29.8 Å². The van der Waals surface area contributed by atoms with Crippen LogP contribution in [0.1, 0.15) is 32.1 Å². The summed E-state index contributed by atoms with van der Waals surface area (Å²) in [5.74, 6) is 0.229. The zero-order chi connectivity index (χ0) is 15.7. The summed E-state index contributed by atoms with van der Waals surface area (Å²) in [6, 6.07) is -0.534. The van der Waals surface area contributed by atoms with Crippen LogP contribution in [0.15, 0.2) is 0 Å². The van der Waals surface area contributed by atoms with Gasteiger partial charge in [-0.3, -0.25) is 0 Å². The van der Waals surface area contributed by atoms with Crippen molar-refractivity contribution in [1.82, 2.24) is 4.31 Å². The smallest absolute Gasteiger partial charge is 0.234 e. The van der Waals surface area contributed by atoms with Gasteiger partial charge in [-0.1, -0.05) is 0 Å². The van der Waals surface area contributed by atoms with Gasteiger partial charge < -0.3 is 5.11 Å². The molecule has 1 aliphatic heterocycles. The number of sulfonamides is 1. The van der Waals surface area contributed by atoms with E-state index in [4.69, 9.17) is 15.8 Å². The van der Waals surface area contributed by atoms with Gasteiger partial charge in [0.1, 0.15) is 0 Å². The maximum atomic E-state index is 12.1. The molecule has 0 radical (unpaired) electrons. The Labute approximate surface area is 130 Å². The van der Waals surface area contributed by atoms with Crippen LogP contribution in [0, 0.1) is 11.8 Å². The van der Waals surface area contributed by atoms with Gasteiger partial charge in [-0.15, -0.1) is 0 Å². The van der Waals surface area contributed by atoms with Gasteiger partial charge in [0.05, 0.1) is 11.5 Å². The topological polar surface area (TPSA) is 91.8 Å². The van der Waals surface area contributed by atoms with Gasteiger partial charge in [0.15, 0.2) is 0 Å². The highest BCUT2D eigenvalue weighted by Crippen LogP contribution is 2.32. The molecule has 1 N–H and O–H groups in total. The highest BCUT2D eigenvalue weighted by atomic mass is 35.7. The lowest BCUT2D eigenvalue weighted by Crippen LogP contribution is -2.41. The molecule has 1 saturated carbocycles. The molecule has 0 spiro atoms. The quantitative estimate of drug-likeness (QED) is 0.731. The second-order valence-electron chi connectivity index (χ2n) is 6.10. The number of aliphatic hydroxyl groups is 1. The van der Waals surface area contributed by atoms with Crippen molar-refractivity contribution in [2.45, 2.75) is 38.1 Å². The number of nitrogens with zero attached hydrogens (tertiary/aromatic N) is 1. The van der Waals surface area contributed by atoms with E-state index in [-0.39, 0.29) is 24.0 Å². The van der Waals surface area contributed by atoms with E-state index in [1.54, 1.807) is 0 Å². The maximum absolute atomic E-state index is 12.1. The molecule has 1 heterocycles. The van der Waals surface area contributed by atoms with Crippen molar-refractivity contribution in [3.63, 3.8) is 0 Å². The monoisotopic (exact) mass is 359 g/mol. The number of rotatable bonds is 5. The minimum atomic E-state index is -3.71. The standard InChI is InChI=1S/C12H22ClNO5S2/c13-20(16,17)9-12-5-6-21(18,19)14(12)7-10-1-3-11(8-15)4-2-10/h10-12,15H,1-9H2. The zero-order valence-corrected chi connectivity index (χ0v) is 14.2. The first-order valence-corrected chi connectivity index (χ1v) is 11.3. The van der Waals surface area contributed by atoms with E-state index in [9.17, 15) is 16.8 Å². The first-order chi connectivity index (χ1) is 9.71. The van der Waals surface area contributed by atoms with Crippen LogP contribution < -0.4 is 0 Å². The molecular formula is C12H22ClNO5S2. The summed E-state index contributed by atoms with van der Waals surface area (Å²) in [7, 11) is -1.80. The summed E-state index contributed by atoms with van der Waals surface area (Å²) in [6.45, 7) is 0.555. The third kappa shape index (κ3) is 4.79. The van der Waals surface area contributed by atoms with Crippen molar-refractivity contribution in [1.29, 1.82) is 0 Å². The Morgan fingerprint density at radius 1 is 1.10 bits per heavy atom. The lowest BCUT2D eigenvalue weighted by Gasteiger charge is -2.31. The van der Waals surface area contributed by atoms with E-state index in [2.05, 4.69) is 0 Å². The summed E-state index contributed by atoms with van der Waals surface area (Å²) < 4.78 is 48.0. The third-order valence-corrected chi connectivity index (χ3v) is 7.60. The average molecular weight is 360 g/mol. The molecular weight excluding hydrogens is 338 g/mol. The molecule has 0 aromatic carbocycles. The zero-order valence-electron chi connectivity index (χ0n) is 11.8. The number of hydrogen-bond acceptors (Lipinski definition) is 5. The number of hydrogen-bond donors (Lipinski definition) is 1. The highest BCUT2D eigenvalue weighted by molar-refractivity contribution is 8.13. The molecule has 1 atom stereocenters. The van der Waals surface area contributed by atoms with Gasteiger partial charge >= 0.3 is 0 Å². The first kappa shape index (κ1) is 17.5. The fourth-order valence-electron chi connectivity index (χ4n) is 3.28. The Hall–Kier alpha value is 0.110. The van der Waals surface area contributed by atoms with Crippen molar-refractivity contribution < 1.29 is 21.9 Å². The van der Waals surface area contributed by atoms with Crippen LogP contribution in [0.3, 0.4) is 0 Å². The molecule has 21 heavy (non-hydrogen) atoms. The Morgan fingerprint density at radius 3 is 2.19 bits per heavy atom. The lowest BCUT2D eigenvalue weighted by atomic mass is 9.82. The molecule has 2 aliphatic rings. The van der Waals surface area contributed by atoms with Gasteiger partial charge in [0.25, 0.3) is 0 Å². The van der Waals surface area contributed by atoms with Gasteiger partial charge in [0, 0.05) is 29.9 Å². The van der Waals surface area contributed by atoms with Crippen molar-refractivity contribution in [2.24, 2.45) is 11.8 Å². The molecule has 2 rings (SSSR count). The van der Waals surface area contributed by atoms with Crippen molar-refractivity contribution in [2.75, 3.05) is 24.7 Å².